The normalized spacial score (nSPS) is 17.1. The van der Waals surface area contributed by atoms with E-state index in [0.717, 1.165) is 44.8 Å². The van der Waals surface area contributed by atoms with E-state index in [1.54, 1.807) is 13.2 Å². The molecule has 5 heterocycles. The summed E-state index contributed by atoms with van der Waals surface area (Å²) >= 11 is 0. The largest absolute Gasteiger partial charge is 0.495 e. The summed E-state index contributed by atoms with van der Waals surface area (Å²) in [6, 6.07) is 13.1. The SMILES string of the molecule is COc1ccccc1Nc1cc(Nc2ccc(N3CCC4(CCOCC4)CC3)cn2)nc2nc(C(F)F)[nH]c12. The molecule has 4 aromatic rings. The van der Waals surface area contributed by atoms with Gasteiger partial charge in [-0.1, -0.05) is 12.1 Å². The fourth-order valence-corrected chi connectivity index (χ4v) is 5.49. The van der Waals surface area contributed by atoms with Crippen LogP contribution in [0, 0.1) is 5.41 Å². The standard InChI is InChI=1S/C28H31F2N7O2/c1-38-21-5-3-2-4-19(21)32-20-16-23(34-26-24(20)35-27(36-26)25(29)30)33-22-7-6-18(17-31-22)37-12-8-28(9-13-37)10-14-39-15-11-28/h2-7,16-17,25H,8-15H2,1H3,(H3,31,32,33,34,35,36). The molecular formula is C28H31F2N7O2. The van der Waals surface area contributed by atoms with Crippen LogP contribution in [0.1, 0.15) is 37.9 Å². The first kappa shape index (κ1) is 25.3. The number of imidazole rings is 1. The van der Waals surface area contributed by atoms with Gasteiger partial charge in [0.05, 0.1) is 30.4 Å². The average Bonchev–Trinajstić information content (AvgIpc) is 3.40. The van der Waals surface area contributed by atoms with Gasteiger partial charge in [0.15, 0.2) is 11.5 Å². The number of anilines is 5. The summed E-state index contributed by atoms with van der Waals surface area (Å²) in [5.74, 6) is 1.19. The molecule has 3 N–H and O–H groups in total. The number of halogens is 2. The molecule has 0 amide bonds. The minimum atomic E-state index is -2.75. The molecule has 0 atom stereocenters. The zero-order valence-corrected chi connectivity index (χ0v) is 21.7. The van der Waals surface area contributed by atoms with Gasteiger partial charge in [-0.05, 0) is 55.4 Å². The third kappa shape index (κ3) is 5.31. The van der Waals surface area contributed by atoms with Gasteiger partial charge in [-0.2, -0.15) is 0 Å². The monoisotopic (exact) mass is 535 g/mol. The number of benzene rings is 1. The van der Waals surface area contributed by atoms with Gasteiger partial charge in [-0.15, -0.1) is 0 Å². The molecule has 2 fully saturated rings. The quantitative estimate of drug-likeness (QED) is 0.258. The number of fused-ring (bicyclic) bond motifs is 1. The molecule has 2 aliphatic heterocycles. The number of hydrogen-bond donors (Lipinski definition) is 3. The van der Waals surface area contributed by atoms with Gasteiger partial charge < -0.3 is 30.0 Å². The predicted molar refractivity (Wildman–Crippen MR) is 147 cm³/mol. The number of nitrogens with one attached hydrogen (secondary N) is 3. The van der Waals surface area contributed by atoms with E-state index in [9.17, 15) is 8.78 Å². The van der Waals surface area contributed by atoms with E-state index >= 15 is 0 Å². The summed E-state index contributed by atoms with van der Waals surface area (Å²) < 4.78 is 37.9. The second-order valence-electron chi connectivity index (χ2n) is 10.1. The molecule has 6 rings (SSSR count). The Balaban J connectivity index is 1.22. The van der Waals surface area contributed by atoms with Crippen molar-refractivity contribution in [1.29, 1.82) is 0 Å². The van der Waals surface area contributed by atoms with Gasteiger partial charge >= 0.3 is 0 Å². The molecule has 39 heavy (non-hydrogen) atoms. The van der Waals surface area contributed by atoms with Gasteiger partial charge in [0.2, 0.25) is 0 Å². The molecular weight excluding hydrogens is 504 g/mol. The maximum atomic E-state index is 13.4. The van der Waals surface area contributed by atoms with Crippen LogP contribution < -0.4 is 20.3 Å². The van der Waals surface area contributed by atoms with Crippen molar-refractivity contribution in [1.82, 2.24) is 19.9 Å². The highest BCUT2D eigenvalue weighted by Crippen LogP contribution is 2.41. The van der Waals surface area contributed by atoms with Gasteiger partial charge in [-0.25, -0.2) is 23.7 Å². The van der Waals surface area contributed by atoms with Crippen molar-refractivity contribution in [2.24, 2.45) is 5.41 Å². The molecule has 1 aromatic carbocycles. The van der Waals surface area contributed by atoms with Crippen molar-refractivity contribution in [3.8, 4) is 5.75 Å². The first-order valence-electron chi connectivity index (χ1n) is 13.2. The molecule has 2 saturated heterocycles. The number of nitrogens with zero attached hydrogens (tertiary/aromatic N) is 4. The van der Waals surface area contributed by atoms with Crippen LogP contribution in [-0.2, 0) is 4.74 Å². The molecule has 204 valence electrons. The molecule has 0 bridgehead atoms. The number of alkyl halides is 2. The minimum absolute atomic E-state index is 0.166. The Labute approximate surface area is 225 Å². The van der Waals surface area contributed by atoms with Crippen molar-refractivity contribution in [2.75, 3.05) is 48.9 Å². The zero-order valence-electron chi connectivity index (χ0n) is 21.7. The van der Waals surface area contributed by atoms with Crippen molar-refractivity contribution >= 4 is 39.9 Å². The molecule has 3 aromatic heterocycles. The maximum Gasteiger partial charge on any atom is 0.295 e. The third-order valence-corrected chi connectivity index (χ3v) is 7.81. The number of H-pyrrole nitrogens is 1. The fourth-order valence-electron chi connectivity index (χ4n) is 5.49. The number of ether oxygens (including phenoxy) is 2. The van der Waals surface area contributed by atoms with E-state index < -0.39 is 12.2 Å². The Morgan fingerprint density at radius 3 is 2.49 bits per heavy atom. The van der Waals surface area contributed by atoms with E-state index in [2.05, 4.69) is 35.5 Å². The van der Waals surface area contributed by atoms with E-state index in [0.29, 0.717) is 39.7 Å². The second-order valence-corrected chi connectivity index (χ2v) is 10.1. The lowest BCUT2D eigenvalue weighted by atomic mass is 9.72. The summed E-state index contributed by atoms with van der Waals surface area (Å²) in [6.07, 6.45) is 3.77. The lowest BCUT2D eigenvalue weighted by molar-refractivity contribution is 0.00212. The summed E-state index contributed by atoms with van der Waals surface area (Å²) in [6.45, 7) is 3.77. The molecule has 2 aliphatic rings. The summed E-state index contributed by atoms with van der Waals surface area (Å²) in [4.78, 5) is 18.2. The molecule has 1 spiro atoms. The number of pyridine rings is 2. The molecule has 9 nitrogen and oxygen atoms in total. The van der Waals surface area contributed by atoms with Crippen LogP contribution in [0.25, 0.3) is 11.2 Å². The Hall–Kier alpha value is -3.99. The lowest BCUT2D eigenvalue weighted by Crippen LogP contribution is -2.43. The van der Waals surface area contributed by atoms with Crippen LogP contribution in [0.4, 0.5) is 37.5 Å². The highest BCUT2D eigenvalue weighted by atomic mass is 19.3. The van der Waals surface area contributed by atoms with Crippen molar-refractivity contribution < 1.29 is 18.3 Å². The van der Waals surface area contributed by atoms with E-state index in [4.69, 9.17) is 9.47 Å². The molecule has 0 aliphatic carbocycles. The first-order valence-corrected chi connectivity index (χ1v) is 13.2. The Morgan fingerprint density at radius 1 is 0.974 bits per heavy atom. The van der Waals surface area contributed by atoms with Gasteiger partial charge in [0.25, 0.3) is 6.43 Å². The van der Waals surface area contributed by atoms with Gasteiger partial charge in [0, 0.05) is 32.4 Å². The molecule has 0 radical (unpaired) electrons. The topological polar surface area (TPSA) is 100 Å². The van der Waals surface area contributed by atoms with E-state index in [1.165, 1.54) is 12.8 Å². The van der Waals surface area contributed by atoms with Crippen LogP contribution in [-0.4, -0.2) is 53.3 Å². The van der Waals surface area contributed by atoms with Crippen molar-refractivity contribution in [2.45, 2.75) is 32.1 Å². The molecule has 0 unspecified atom stereocenters. The van der Waals surface area contributed by atoms with Crippen LogP contribution in [0.15, 0.2) is 48.7 Å². The average molecular weight is 536 g/mol. The van der Waals surface area contributed by atoms with E-state index in [-0.39, 0.29) is 5.65 Å². The van der Waals surface area contributed by atoms with Gasteiger partial charge in [0.1, 0.15) is 22.9 Å². The van der Waals surface area contributed by atoms with Gasteiger partial charge in [-0.3, -0.25) is 0 Å². The van der Waals surface area contributed by atoms with Crippen molar-refractivity contribution in [3.05, 3.63) is 54.5 Å². The number of hydrogen-bond acceptors (Lipinski definition) is 8. The summed E-state index contributed by atoms with van der Waals surface area (Å²) in [5, 5.41) is 6.46. The summed E-state index contributed by atoms with van der Waals surface area (Å²) in [7, 11) is 1.57. The summed E-state index contributed by atoms with van der Waals surface area (Å²) in [5.41, 5.74) is 3.26. The van der Waals surface area contributed by atoms with Crippen LogP contribution >= 0.6 is 0 Å². The smallest absolute Gasteiger partial charge is 0.295 e. The van der Waals surface area contributed by atoms with Crippen molar-refractivity contribution in [3.63, 3.8) is 0 Å². The van der Waals surface area contributed by atoms with Crippen LogP contribution in [0.3, 0.4) is 0 Å². The van der Waals surface area contributed by atoms with E-state index in [1.807, 2.05) is 42.6 Å². The number of aromatic nitrogens is 4. The molecule has 0 saturated carbocycles. The predicted octanol–water partition coefficient (Wildman–Crippen LogP) is 6.18. The fraction of sp³-hybridized carbons (Fsp3) is 0.393. The first-order chi connectivity index (χ1) is 19.0. The number of rotatable bonds is 7. The number of methoxy groups -OCH3 is 1. The highest BCUT2D eigenvalue weighted by molar-refractivity contribution is 5.91. The zero-order chi connectivity index (χ0) is 26.8. The van der Waals surface area contributed by atoms with Crippen LogP contribution in [0.2, 0.25) is 0 Å². The minimum Gasteiger partial charge on any atom is -0.495 e. The highest BCUT2D eigenvalue weighted by Gasteiger charge is 2.36. The number of para-hydroxylation sites is 2. The van der Waals surface area contributed by atoms with Crippen LogP contribution in [0.5, 0.6) is 5.75 Å². The third-order valence-electron chi connectivity index (χ3n) is 7.81. The Bertz CT molecular complexity index is 1430. The number of aromatic amines is 1. The lowest BCUT2D eigenvalue weighted by Gasteiger charge is -2.44. The Morgan fingerprint density at radius 2 is 1.77 bits per heavy atom. The molecule has 11 heteroatoms. The maximum absolute atomic E-state index is 13.4. The Kier molecular flexibility index (Phi) is 6.90. The number of piperidine rings is 1. The second kappa shape index (κ2) is 10.6.